The summed E-state index contributed by atoms with van der Waals surface area (Å²) in [6.45, 7) is 4.33. The molecule has 0 amide bonds. The van der Waals surface area contributed by atoms with Crippen molar-refractivity contribution in [2.24, 2.45) is 0 Å². The van der Waals surface area contributed by atoms with Crippen LogP contribution in [0.2, 0.25) is 0 Å². The SMILES string of the molecule is Cc1ccc(OCc2nc(N)nc(Nc3ccccc3)n2)cc1C. The number of rotatable bonds is 5. The van der Waals surface area contributed by atoms with Gasteiger partial charge in [-0.1, -0.05) is 24.3 Å². The number of nitrogens with zero attached hydrogens (tertiary/aromatic N) is 3. The summed E-state index contributed by atoms with van der Waals surface area (Å²) in [5.74, 6) is 1.79. The topological polar surface area (TPSA) is 86.0 Å². The Morgan fingerprint density at radius 1 is 0.958 bits per heavy atom. The Balaban J connectivity index is 1.72. The Morgan fingerprint density at radius 2 is 1.75 bits per heavy atom. The maximum Gasteiger partial charge on any atom is 0.232 e. The van der Waals surface area contributed by atoms with Gasteiger partial charge >= 0.3 is 0 Å². The van der Waals surface area contributed by atoms with Crippen molar-refractivity contribution in [1.82, 2.24) is 15.0 Å². The number of ether oxygens (including phenoxy) is 1. The van der Waals surface area contributed by atoms with Crippen molar-refractivity contribution in [3.63, 3.8) is 0 Å². The highest BCUT2D eigenvalue weighted by molar-refractivity contribution is 5.53. The second kappa shape index (κ2) is 6.95. The van der Waals surface area contributed by atoms with E-state index in [1.165, 1.54) is 11.1 Å². The number of aromatic nitrogens is 3. The van der Waals surface area contributed by atoms with Crippen LogP contribution in [-0.4, -0.2) is 15.0 Å². The first kappa shape index (κ1) is 15.7. The molecule has 2 aromatic carbocycles. The van der Waals surface area contributed by atoms with E-state index in [2.05, 4.69) is 27.2 Å². The first-order valence-corrected chi connectivity index (χ1v) is 7.63. The standard InChI is InChI=1S/C18H19N5O/c1-12-8-9-15(10-13(12)2)24-11-16-21-17(19)23-18(22-16)20-14-6-4-3-5-7-14/h3-10H,11H2,1-2H3,(H3,19,20,21,22,23). The summed E-state index contributed by atoms with van der Waals surface area (Å²) in [5.41, 5.74) is 9.05. The number of para-hydroxylation sites is 1. The Morgan fingerprint density at radius 3 is 2.50 bits per heavy atom. The zero-order valence-electron chi connectivity index (χ0n) is 13.7. The molecule has 0 saturated heterocycles. The monoisotopic (exact) mass is 321 g/mol. The van der Waals surface area contributed by atoms with Gasteiger partial charge in [0.25, 0.3) is 0 Å². The largest absolute Gasteiger partial charge is 0.486 e. The molecule has 6 heteroatoms. The summed E-state index contributed by atoms with van der Waals surface area (Å²) < 4.78 is 5.75. The number of hydrogen-bond donors (Lipinski definition) is 2. The van der Waals surface area contributed by atoms with E-state index >= 15 is 0 Å². The van der Waals surface area contributed by atoms with E-state index in [0.29, 0.717) is 11.8 Å². The van der Waals surface area contributed by atoms with E-state index in [-0.39, 0.29) is 12.6 Å². The Labute approximate surface area is 140 Å². The molecule has 0 aliphatic rings. The predicted octanol–water partition coefficient (Wildman–Crippen LogP) is 3.39. The van der Waals surface area contributed by atoms with Gasteiger partial charge in [0.05, 0.1) is 0 Å². The lowest BCUT2D eigenvalue weighted by Crippen LogP contribution is -2.09. The van der Waals surface area contributed by atoms with Gasteiger partial charge in [-0.2, -0.15) is 15.0 Å². The Kier molecular flexibility index (Phi) is 4.56. The summed E-state index contributed by atoms with van der Waals surface area (Å²) in [4.78, 5) is 12.6. The number of aryl methyl sites for hydroxylation is 2. The van der Waals surface area contributed by atoms with Crippen LogP contribution in [0.5, 0.6) is 5.75 Å². The fraction of sp³-hybridized carbons (Fsp3) is 0.167. The highest BCUT2D eigenvalue weighted by atomic mass is 16.5. The molecule has 0 aliphatic heterocycles. The van der Waals surface area contributed by atoms with Gasteiger partial charge in [0.1, 0.15) is 12.4 Å². The third-order valence-corrected chi connectivity index (χ3v) is 3.58. The smallest absolute Gasteiger partial charge is 0.232 e. The van der Waals surface area contributed by atoms with Gasteiger partial charge in [-0.3, -0.25) is 0 Å². The predicted molar refractivity (Wildman–Crippen MR) is 94.2 cm³/mol. The lowest BCUT2D eigenvalue weighted by molar-refractivity contribution is 0.295. The summed E-state index contributed by atoms with van der Waals surface area (Å²) in [7, 11) is 0. The number of benzene rings is 2. The maximum atomic E-state index is 5.77. The van der Waals surface area contributed by atoms with Crippen molar-refractivity contribution < 1.29 is 4.74 Å². The maximum absolute atomic E-state index is 5.77. The van der Waals surface area contributed by atoms with Gasteiger partial charge in [0.15, 0.2) is 5.82 Å². The van der Waals surface area contributed by atoms with Crippen molar-refractivity contribution in [2.75, 3.05) is 11.1 Å². The average Bonchev–Trinajstić information content (AvgIpc) is 2.56. The summed E-state index contributed by atoms with van der Waals surface area (Å²) in [6.07, 6.45) is 0. The number of anilines is 3. The first-order valence-electron chi connectivity index (χ1n) is 7.63. The lowest BCUT2D eigenvalue weighted by atomic mass is 10.1. The van der Waals surface area contributed by atoms with Crippen LogP contribution in [0.15, 0.2) is 48.5 Å². The van der Waals surface area contributed by atoms with Gasteiger partial charge in [-0.15, -0.1) is 0 Å². The van der Waals surface area contributed by atoms with Gasteiger partial charge in [-0.25, -0.2) is 0 Å². The molecule has 122 valence electrons. The van der Waals surface area contributed by atoms with E-state index in [0.717, 1.165) is 11.4 Å². The molecule has 0 atom stereocenters. The average molecular weight is 321 g/mol. The van der Waals surface area contributed by atoms with Crippen LogP contribution in [0.4, 0.5) is 17.6 Å². The van der Waals surface area contributed by atoms with Gasteiger partial charge < -0.3 is 15.8 Å². The summed E-state index contributed by atoms with van der Waals surface area (Å²) >= 11 is 0. The van der Waals surface area contributed by atoms with Crippen LogP contribution in [-0.2, 0) is 6.61 Å². The fourth-order valence-electron chi connectivity index (χ4n) is 2.16. The second-order valence-electron chi connectivity index (χ2n) is 5.46. The van der Waals surface area contributed by atoms with E-state index in [9.17, 15) is 0 Å². The van der Waals surface area contributed by atoms with Crippen molar-refractivity contribution >= 4 is 17.6 Å². The molecule has 3 aromatic rings. The molecule has 24 heavy (non-hydrogen) atoms. The van der Waals surface area contributed by atoms with Crippen molar-refractivity contribution in [3.05, 3.63) is 65.5 Å². The van der Waals surface area contributed by atoms with Crippen LogP contribution in [0.1, 0.15) is 17.0 Å². The zero-order valence-corrected chi connectivity index (χ0v) is 13.7. The summed E-state index contributed by atoms with van der Waals surface area (Å²) in [5, 5.41) is 3.10. The van der Waals surface area contributed by atoms with E-state index in [1.54, 1.807) is 0 Å². The molecule has 0 bridgehead atoms. The number of hydrogen-bond acceptors (Lipinski definition) is 6. The molecule has 0 saturated carbocycles. The van der Waals surface area contributed by atoms with E-state index in [1.807, 2.05) is 55.5 Å². The minimum Gasteiger partial charge on any atom is -0.486 e. The highest BCUT2D eigenvalue weighted by Crippen LogP contribution is 2.18. The van der Waals surface area contributed by atoms with Gasteiger partial charge in [-0.05, 0) is 49.2 Å². The first-order chi connectivity index (χ1) is 11.6. The van der Waals surface area contributed by atoms with Gasteiger partial charge in [0.2, 0.25) is 11.9 Å². The second-order valence-corrected chi connectivity index (χ2v) is 5.46. The lowest BCUT2D eigenvalue weighted by Gasteiger charge is -2.09. The molecule has 0 unspecified atom stereocenters. The number of nitrogen functional groups attached to an aromatic ring is 1. The molecule has 3 rings (SSSR count). The molecule has 6 nitrogen and oxygen atoms in total. The van der Waals surface area contributed by atoms with Gasteiger partial charge in [0, 0.05) is 5.69 Å². The normalized spacial score (nSPS) is 10.4. The molecular weight excluding hydrogens is 302 g/mol. The molecule has 1 aromatic heterocycles. The minimum atomic E-state index is 0.155. The molecule has 0 aliphatic carbocycles. The molecular formula is C18H19N5O. The van der Waals surface area contributed by atoms with E-state index < -0.39 is 0 Å². The highest BCUT2D eigenvalue weighted by Gasteiger charge is 2.06. The number of nitrogens with two attached hydrogens (primary N) is 1. The van der Waals surface area contributed by atoms with Crippen LogP contribution >= 0.6 is 0 Å². The molecule has 0 fully saturated rings. The number of nitrogens with one attached hydrogen (secondary N) is 1. The fourth-order valence-corrected chi connectivity index (χ4v) is 2.16. The Hall–Kier alpha value is -3.15. The third kappa shape index (κ3) is 3.98. The van der Waals surface area contributed by atoms with Crippen LogP contribution in [0.25, 0.3) is 0 Å². The van der Waals surface area contributed by atoms with Crippen molar-refractivity contribution in [2.45, 2.75) is 20.5 Å². The molecule has 3 N–H and O–H groups in total. The Bertz CT molecular complexity index is 836. The minimum absolute atomic E-state index is 0.155. The molecule has 0 radical (unpaired) electrons. The summed E-state index contributed by atoms with van der Waals surface area (Å²) in [6, 6.07) is 15.6. The van der Waals surface area contributed by atoms with Crippen molar-refractivity contribution in [1.29, 1.82) is 0 Å². The third-order valence-electron chi connectivity index (χ3n) is 3.58. The zero-order chi connectivity index (χ0) is 16.9. The quantitative estimate of drug-likeness (QED) is 0.749. The van der Waals surface area contributed by atoms with E-state index in [4.69, 9.17) is 10.5 Å². The van der Waals surface area contributed by atoms with Crippen LogP contribution in [0.3, 0.4) is 0 Å². The molecule has 0 spiro atoms. The van der Waals surface area contributed by atoms with Crippen molar-refractivity contribution in [3.8, 4) is 5.75 Å². The molecule has 1 heterocycles. The van der Waals surface area contributed by atoms with Crippen LogP contribution < -0.4 is 15.8 Å². The van der Waals surface area contributed by atoms with Crippen LogP contribution in [0, 0.1) is 13.8 Å².